The molecule has 0 amide bonds. The van der Waals surface area contributed by atoms with Crippen LogP contribution < -0.4 is 4.74 Å². The summed E-state index contributed by atoms with van der Waals surface area (Å²) in [5.41, 5.74) is 0.198. The van der Waals surface area contributed by atoms with Gasteiger partial charge in [-0.1, -0.05) is 11.6 Å². The molecule has 0 aliphatic carbocycles. The maximum absolute atomic E-state index is 13.3. The van der Waals surface area contributed by atoms with Crippen LogP contribution in [0.4, 0.5) is 4.39 Å². The first kappa shape index (κ1) is 11.0. The van der Waals surface area contributed by atoms with Crippen molar-refractivity contribution in [3.8, 4) is 5.75 Å². The van der Waals surface area contributed by atoms with E-state index in [-0.39, 0.29) is 22.4 Å². The number of benzene rings is 1. The third-order valence-electron chi connectivity index (χ3n) is 1.51. The van der Waals surface area contributed by atoms with Crippen molar-refractivity contribution in [2.24, 2.45) is 0 Å². The largest absolute Gasteiger partial charge is 0.486 e. The molecule has 0 radical (unpaired) electrons. The van der Waals surface area contributed by atoms with Crippen molar-refractivity contribution >= 4 is 17.9 Å². The summed E-state index contributed by atoms with van der Waals surface area (Å²) < 4.78 is 18.4. The van der Waals surface area contributed by atoms with Crippen LogP contribution in [0.2, 0.25) is 5.02 Å². The van der Waals surface area contributed by atoms with Crippen molar-refractivity contribution in [1.29, 1.82) is 0 Å². The molecule has 0 spiro atoms. The fourth-order valence-corrected chi connectivity index (χ4v) is 1.26. The van der Waals surface area contributed by atoms with E-state index >= 15 is 0 Å². The predicted molar refractivity (Wildman–Crippen MR) is 52.6 cm³/mol. The minimum Gasteiger partial charge on any atom is -0.486 e. The maximum atomic E-state index is 13.3. The Labute approximate surface area is 86.6 Å². The Kier molecular flexibility index (Phi) is 3.47. The SMILES string of the molecule is CC(C)Oc1c(F)cc(C=O)cc1Cl. The highest BCUT2D eigenvalue weighted by Gasteiger charge is 2.12. The van der Waals surface area contributed by atoms with Gasteiger partial charge in [-0.05, 0) is 26.0 Å². The highest BCUT2D eigenvalue weighted by atomic mass is 35.5. The summed E-state index contributed by atoms with van der Waals surface area (Å²) in [5, 5.41) is 0.112. The fraction of sp³-hybridized carbons (Fsp3) is 0.300. The monoisotopic (exact) mass is 216 g/mol. The summed E-state index contributed by atoms with van der Waals surface area (Å²) in [6, 6.07) is 2.46. The number of rotatable bonds is 3. The topological polar surface area (TPSA) is 26.3 Å². The third kappa shape index (κ3) is 2.45. The van der Waals surface area contributed by atoms with E-state index in [0.29, 0.717) is 6.29 Å². The highest BCUT2D eigenvalue weighted by Crippen LogP contribution is 2.29. The maximum Gasteiger partial charge on any atom is 0.173 e. The van der Waals surface area contributed by atoms with Crippen molar-refractivity contribution in [2.75, 3.05) is 0 Å². The van der Waals surface area contributed by atoms with Gasteiger partial charge in [-0.15, -0.1) is 0 Å². The Bertz CT molecular complexity index is 327. The molecule has 0 aromatic heterocycles. The van der Waals surface area contributed by atoms with Gasteiger partial charge in [-0.3, -0.25) is 4.79 Å². The van der Waals surface area contributed by atoms with Gasteiger partial charge < -0.3 is 4.74 Å². The number of hydrogen-bond donors (Lipinski definition) is 0. The molecular formula is C10H10ClFO2. The molecule has 0 unspecified atom stereocenters. The first-order valence-corrected chi connectivity index (χ1v) is 4.53. The molecule has 1 rings (SSSR count). The smallest absolute Gasteiger partial charge is 0.173 e. The van der Waals surface area contributed by atoms with Crippen LogP contribution in [0.1, 0.15) is 24.2 Å². The molecule has 1 aromatic rings. The van der Waals surface area contributed by atoms with Crippen LogP contribution in [0.3, 0.4) is 0 Å². The van der Waals surface area contributed by atoms with Gasteiger partial charge in [0.25, 0.3) is 0 Å². The molecule has 1 aromatic carbocycles. The molecule has 0 atom stereocenters. The average Bonchev–Trinajstić information content (AvgIpc) is 2.10. The van der Waals surface area contributed by atoms with Crippen LogP contribution >= 0.6 is 11.6 Å². The van der Waals surface area contributed by atoms with Crippen LogP contribution in [0.15, 0.2) is 12.1 Å². The fourth-order valence-electron chi connectivity index (χ4n) is 0.996. The highest BCUT2D eigenvalue weighted by molar-refractivity contribution is 6.32. The van der Waals surface area contributed by atoms with E-state index in [4.69, 9.17) is 16.3 Å². The molecule has 0 bridgehead atoms. The summed E-state index contributed by atoms with van der Waals surface area (Å²) in [4.78, 5) is 10.4. The summed E-state index contributed by atoms with van der Waals surface area (Å²) >= 11 is 5.73. The molecule has 0 saturated heterocycles. The lowest BCUT2D eigenvalue weighted by Crippen LogP contribution is -2.07. The van der Waals surface area contributed by atoms with Crippen molar-refractivity contribution in [3.63, 3.8) is 0 Å². The lowest BCUT2D eigenvalue weighted by molar-refractivity contribution is 0.112. The predicted octanol–water partition coefficient (Wildman–Crippen LogP) is 3.08. The standard InChI is InChI=1S/C10H10ClFO2/c1-6(2)14-10-8(11)3-7(5-13)4-9(10)12/h3-6H,1-2H3. The van der Waals surface area contributed by atoms with Crippen molar-refractivity contribution in [1.82, 2.24) is 0 Å². The Morgan fingerprint density at radius 3 is 2.57 bits per heavy atom. The lowest BCUT2D eigenvalue weighted by Gasteiger charge is -2.12. The Hall–Kier alpha value is -1.09. The number of aldehydes is 1. The zero-order valence-electron chi connectivity index (χ0n) is 7.88. The van der Waals surface area contributed by atoms with Crippen LogP contribution in [0.25, 0.3) is 0 Å². The molecule has 14 heavy (non-hydrogen) atoms. The van der Waals surface area contributed by atoms with Gasteiger partial charge in [0.15, 0.2) is 11.6 Å². The summed E-state index contributed by atoms with van der Waals surface area (Å²) in [6.45, 7) is 3.53. The normalized spacial score (nSPS) is 10.4. The van der Waals surface area contributed by atoms with Gasteiger partial charge in [0.1, 0.15) is 6.29 Å². The lowest BCUT2D eigenvalue weighted by atomic mass is 10.2. The second kappa shape index (κ2) is 4.42. The Balaban J connectivity index is 3.11. The second-order valence-electron chi connectivity index (χ2n) is 3.10. The van der Waals surface area contributed by atoms with Gasteiger partial charge in [-0.25, -0.2) is 4.39 Å². The summed E-state index contributed by atoms with van der Waals surface area (Å²) in [6.07, 6.45) is 0.373. The van der Waals surface area contributed by atoms with Gasteiger partial charge in [0, 0.05) is 5.56 Å². The van der Waals surface area contributed by atoms with Crippen LogP contribution in [-0.4, -0.2) is 12.4 Å². The van der Waals surface area contributed by atoms with Gasteiger partial charge in [0.2, 0.25) is 0 Å². The molecule has 0 heterocycles. The van der Waals surface area contributed by atoms with Crippen molar-refractivity contribution in [3.05, 3.63) is 28.5 Å². The molecule has 4 heteroatoms. The number of carbonyl (C=O) groups is 1. The number of ether oxygens (including phenoxy) is 1. The number of halogens is 2. The molecule has 0 fully saturated rings. The minimum atomic E-state index is -0.617. The molecule has 0 N–H and O–H groups in total. The quantitative estimate of drug-likeness (QED) is 0.726. The van der Waals surface area contributed by atoms with E-state index < -0.39 is 5.82 Å². The van der Waals surface area contributed by atoms with Crippen molar-refractivity contribution < 1.29 is 13.9 Å². The third-order valence-corrected chi connectivity index (χ3v) is 1.79. The second-order valence-corrected chi connectivity index (χ2v) is 3.51. The average molecular weight is 217 g/mol. The zero-order valence-corrected chi connectivity index (χ0v) is 8.64. The molecule has 0 aliphatic heterocycles. The van der Waals surface area contributed by atoms with E-state index in [2.05, 4.69) is 0 Å². The minimum absolute atomic E-state index is 0.00716. The summed E-state index contributed by atoms with van der Waals surface area (Å²) in [7, 11) is 0. The van der Waals surface area contributed by atoms with E-state index in [0.717, 1.165) is 6.07 Å². The van der Waals surface area contributed by atoms with Crippen LogP contribution in [0, 0.1) is 5.82 Å². The van der Waals surface area contributed by atoms with Crippen LogP contribution in [0.5, 0.6) is 5.75 Å². The van der Waals surface area contributed by atoms with Crippen LogP contribution in [-0.2, 0) is 0 Å². The van der Waals surface area contributed by atoms with Gasteiger partial charge >= 0.3 is 0 Å². The van der Waals surface area contributed by atoms with E-state index in [9.17, 15) is 9.18 Å². The Morgan fingerprint density at radius 2 is 2.14 bits per heavy atom. The first-order valence-electron chi connectivity index (χ1n) is 4.15. The Morgan fingerprint density at radius 1 is 1.50 bits per heavy atom. The molecule has 0 saturated carbocycles. The summed E-state index contributed by atoms with van der Waals surface area (Å²) in [5.74, 6) is -0.624. The molecule has 2 nitrogen and oxygen atoms in total. The van der Waals surface area contributed by atoms with Crippen molar-refractivity contribution in [2.45, 2.75) is 20.0 Å². The first-order chi connectivity index (χ1) is 6.54. The molecular weight excluding hydrogens is 207 g/mol. The van der Waals surface area contributed by atoms with E-state index in [1.54, 1.807) is 13.8 Å². The van der Waals surface area contributed by atoms with E-state index in [1.165, 1.54) is 6.07 Å². The number of hydrogen-bond acceptors (Lipinski definition) is 2. The molecule has 76 valence electrons. The van der Waals surface area contributed by atoms with E-state index in [1.807, 2.05) is 0 Å². The van der Waals surface area contributed by atoms with Gasteiger partial charge in [-0.2, -0.15) is 0 Å². The molecule has 0 aliphatic rings. The number of carbonyl (C=O) groups excluding carboxylic acids is 1. The zero-order chi connectivity index (χ0) is 10.7. The van der Waals surface area contributed by atoms with Gasteiger partial charge in [0.05, 0.1) is 11.1 Å².